The van der Waals surface area contributed by atoms with Crippen molar-refractivity contribution in [2.24, 2.45) is 0 Å². The molecule has 1 aromatic carbocycles. The minimum absolute atomic E-state index is 0. The quantitative estimate of drug-likeness (QED) is 0.824. The van der Waals surface area contributed by atoms with Crippen LogP contribution in [0.15, 0.2) is 42.5 Å². The highest BCUT2D eigenvalue weighted by molar-refractivity contribution is 6.08. The Balaban J connectivity index is 0.00000120. The summed E-state index contributed by atoms with van der Waals surface area (Å²) in [6, 6.07) is 12.9. The molecule has 0 amide bonds. The predicted molar refractivity (Wildman–Crippen MR) is 70.6 cm³/mol. The fourth-order valence-electron chi connectivity index (χ4n) is 2.36. The van der Waals surface area contributed by atoms with Crippen molar-refractivity contribution in [3.8, 4) is 0 Å². The van der Waals surface area contributed by atoms with Crippen molar-refractivity contribution in [2.75, 3.05) is 0 Å². The molecule has 1 unspecified atom stereocenters. The van der Waals surface area contributed by atoms with Crippen molar-refractivity contribution >= 4 is 5.78 Å². The first-order chi connectivity index (χ1) is 8.27. The number of hydrogen-bond donors (Lipinski definition) is 1. The van der Waals surface area contributed by atoms with Crippen LogP contribution < -0.4 is 0 Å². The first-order valence-electron chi connectivity index (χ1n) is 5.74. The van der Waals surface area contributed by atoms with Crippen LogP contribution in [-0.2, 0) is 6.54 Å². The number of rotatable bonds is 2. The zero-order valence-corrected chi connectivity index (χ0v) is 9.34. The second kappa shape index (κ2) is 4.78. The van der Waals surface area contributed by atoms with Gasteiger partial charge in [0.25, 0.3) is 0 Å². The van der Waals surface area contributed by atoms with Crippen molar-refractivity contribution < 1.29 is 9.90 Å². The fraction of sp³-hybridized carbons (Fsp3) is 0.267. The Morgan fingerprint density at radius 3 is 2.61 bits per heavy atom. The van der Waals surface area contributed by atoms with Gasteiger partial charge in [0, 0.05) is 17.8 Å². The lowest BCUT2D eigenvalue weighted by Gasteiger charge is -2.05. The molecule has 0 saturated carbocycles. The summed E-state index contributed by atoms with van der Waals surface area (Å²) < 4.78 is 1.92. The summed E-state index contributed by atoms with van der Waals surface area (Å²) in [6.07, 6.45) is 0.276. The smallest absolute Gasteiger partial charge is 0.209 e. The Labute approximate surface area is 107 Å². The second-order valence-corrected chi connectivity index (χ2v) is 4.29. The van der Waals surface area contributed by atoms with Gasteiger partial charge in [0.2, 0.25) is 5.78 Å². The standard InChI is InChI=1S/C14H13NO2.CH4/c16-13-8-9-15-11(13)6-7-12(15)14(17)10-4-2-1-3-5-10;/h1-7,13,16H,8-9H2;1H4. The number of aliphatic hydroxyl groups excluding tert-OH is 1. The van der Waals surface area contributed by atoms with E-state index < -0.39 is 6.10 Å². The van der Waals surface area contributed by atoms with E-state index in [0.29, 0.717) is 17.7 Å². The topological polar surface area (TPSA) is 42.2 Å². The SMILES string of the molecule is C.O=C(c1ccccc1)c1ccc2n1CCC2O. The van der Waals surface area contributed by atoms with Crippen LogP contribution >= 0.6 is 0 Å². The van der Waals surface area contributed by atoms with Crippen LogP contribution in [0, 0.1) is 0 Å². The third kappa shape index (κ3) is 1.87. The van der Waals surface area contributed by atoms with E-state index in [9.17, 15) is 9.90 Å². The number of ketones is 1. The lowest BCUT2D eigenvalue weighted by Crippen LogP contribution is -2.08. The monoisotopic (exact) mass is 243 g/mol. The van der Waals surface area contributed by atoms with E-state index >= 15 is 0 Å². The summed E-state index contributed by atoms with van der Waals surface area (Å²) in [5.74, 6) is 0.0194. The number of aliphatic hydroxyl groups is 1. The first kappa shape index (κ1) is 12.6. The molecule has 1 aliphatic heterocycles. The summed E-state index contributed by atoms with van der Waals surface area (Å²) in [5.41, 5.74) is 2.21. The third-order valence-corrected chi connectivity index (χ3v) is 3.25. The van der Waals surface area contributed by atoms with Crippen LogP contribution in [0.4, 0.5) is 0 Å². The van der Waals surface area contributed by atoms with Gasteiger partial charge in [0.05, 0.1) is 11.8 Å². The van der Waals surface area contributed by atoms with Gasteiger partial charge < -0.3 is 9.67 Å². The molecule has 1 atom stereocenters. The van der Waals surface area contributed by atoms with Gasteiger partial charge in [-0.15, -0.1) is 0 Å². The minimum atomic E-state index is -0.424. The number of benzene rings is 1. The van der Waals surface area contributed by atoms with E-state index in [-0.39, 0.29) is 13.2 Å². The molecule has 18 heavy (non-hydrogen) atoms. The molecule has 0 spiro atoms. The molecule has 3 nitrogen and oxygen atoms in total. The van der Waals surface area contributed by atoms with Gasteiger partial charge in [-0.3, -0.25) is 4.79 Å². The Bertz CT molecular complexity index is 557. The van der Waals surface area contributed by atoms with Crippen LogP contribution in [0.25, 0.3) is 0 Å². The maximum Gasteiger partial charge on any atom is 0.209 e. The fourth-order valence-corrected chi connectivity index (χ4v) is 2.36. The van der Waals surface area contributed by atoms with Crippen LogP contribution in [-0.4, -0.2) is 15.5 Å². The average Bonchev–Trinajstić information content (AvgIpc) is 2.93. The van der Waals surface area contributed by atoms with Crippen LogP contribution in [0.5, 0.6) is 0 Å². The van der Waals surface area contributed by atoms with E-state index in [0.717, 1.165) is 12.2 Å². The number of nitrogens with zero attached hydrogens (tertiary/aromatic N) is 1. The minimum Gasteiger partial charge on any atom is -0.387 e. The maximum atomic E-state index is 12.3. The zero-order valence-electron chi connectivity index (χ0n) is 9.34. The summed E-state index contributed by atoms with van der Waals surface area (Å²) in [7, 11) is 0. The van der Waals surface area contributed by atoms with Gasteiger partial charge in [-0.1, -0.05) is 37.8 Å². The third-order valence-electron chi connectivity index (χ3n) is 3.25. The highest BCUT2D eigenvalue weighted by Gasteiger charge is 2.25. The second-order valence-electron chi connectivity index (χ2n) is 4.29. The summed E-state index contributed by atoms with van der Waals surface area (Å²) in [4.78, 5) is 12.3. The van der Waals surface area contributed by atoms with Gasteiger partial charge in [0.15, 0.2) is 0 Å². The van der Waals surface area contributed by atoms with E-state index in [2.05, 4.69) is 0 Å². The average molecular weight is 243 g/mol. The van der Waals surface area contributed by atoms with Crippen LogP contribution in [0.2, 0.25) is 0 Å². The number of carbonyl (C=O) groups is 1. The molecule has 1 aliphatic rings. The molecule has 3 rings (SSSR count). The lowest BCUT2D eigenvalue weighted by molar-refractivity contribution is 0.103. The molecule has 0 aliphatic carbocycles. The van der Waals surface area contributed by atoms with Gasteiger partial charge in [-0.2, -0.15) is 0 Å². The number of fused-ring (bicyclic) bond motifs is 1. The molecule has 0 bridgehead atoms. The number of aromatic nitrogens is 1. The largest absolute Gasteiger partial charge is 0.387 e. The van der Waals surface area contributed by atoms with Gasteiger partial charge in [-0.05, 0) is 18.6 Å². The van der Waals surface area contributed by atoms with Crippen molar-refractivity contribution in [1.29, 1.82) is 0 Å². The van der Waals surface area contributed by atoms with Gasteiger partial charge in [0.1, 0.15) is 0 Å². The zero-order chi connectivity index (χ0) is 11.8. The Morgan fingerprint density at radius 1 is 1.17 bits per heavy atom. The molecule has 2 aromatic rings. The molecule has 3 heteroatoms. The van der Waals surface area contributed by atoms with Crippen molar-refractivity contribution in [2.45, 2.75) is 26.5 Å². The van der Waals surface area contributed by atoms with E-state index in [1.165, 1.54) is 0 Å². The normalized spacial score (nSPS) is 17.1. The molecule has 0 radical (unpaired) electrons. The predicted octanol–water partition coefficient (Wildman–Crippen LogP) is 2.79. The first-order valence-corrected chi connectivity index (χ1v) is 5.74. The highest BCUT2D eigenvalue weighted by Crippen LogP contribution is 2.28. The molecule has 1 N–H and O–H groups in total. The van der Waals surface area contributed by atoms with Crippen LogP contribution in [0.1, 0.15) is 41.7 Å². The molecule has 0 saturated heterocycles. The lowest BCUT2D eigenvalue weighted by atomic mass is 10.1. The van der Waals surface area contributed by atoms with Crippen molar-refractivity contribution in [3.05, 3.63) is 59.4 Å². The summed E-state index contributed by atoms with van der Waals surface area (Å²) >= 11 is 0. The number of carbonyl (C=O) groups excluding carboxylic acids is 1. The molecule has 0 fully saturated rings. The van der Waals surface area contributed by atoms with Gasteiger partial charge in [-0.25, -0.2) is 0 Å². The van der Waals surface area contributed by atoms with Crippen molar-refractivity contribution in [3.63, 3.8) is 0 Å². The summed E-state index contributed by atoms with van der Waals surface area (Å²) in [6.45, 7) is 0.720. The van der Waals surface area contributed by atoms with E-state index in [4.69, 9.17) is 0 Å². The van der Waals surface area contributed by atoms with Gasteiger partial charge >= 0.3 is 0 Å². The molecular formula is C15H17NO2. The molecule has 94 valence electrons. The highest BCUT2D eigenvalue weighted by atomic mass is 16.3. The summed E-state index contributed by atoms with van der Waals surface area (Å²) in [5, 5.41) is 9.71. The Hall–Kier alpha value is -1.87. The molecular weight excluding hydrogens is 226 g/mol. The van der Waals surface area contributed by atoms with E-state index in [1.54, 1.807) is 6.07 Å². The molecule has 2 heterocycles. The Morgan fingerprint density at radius 2 is 1.89 bits per heavy atom. The number of hydrogen-bond acceptors (Lipinski definition) is 2. The van der Waals surface area contributed by atoms with Crippen molar-refractivity contribution in [1.82, 2.24) is 4.57 Å². The van der Waals surface area contributed by atoms with E-state index in [1.807, 2.05) is 41.0 Å². The Kier molecular flexibility index (Phi) is 3.34. The molecule has 1 aromatic heterocycles. The maximum absolute atomic E-state index is 12.3. The van der Waals surface area contributed by atoms with Crippen LogP contribution in [0.3, 0.4) is 0 Å².